The van der Waals surface area contributed by atoms with Gasteiger partial charge >= 0.3 is 0 Å². The first-order chi connectivity index (χ1) is 29.1. The molecule has 0 unspecified atom stereocenters. The van der Waals surface area contributed by atoms with E-state index in [4.69, 9.17) is 6.57 Å². The molecule has 0 aliphatic heterocycles. The van der Waals surface area contributed by atoms with Crippen molar-refractivity contribution in [3.05, 3.63) is 192 Å². The van der Waals surface area contributed by atoms with Crippen LogP contribution < -0.4 is 0 Å². The number of aromatic nitrogens is 3. The minimum atomic E-state index is 0.492. The molecule has 0 amide bonds. The molecular weight excluding hydrogens is 723 g/mol. The zero-order valence-electron chi connectivity index (χ0n) is 31.2. The fraction of sp³-hybridized carbons (Fsp3) is 0. The average molecular weight is 750 g/mol. The Morgan fingerprint density at radius 1 is 0.407 bits per heavy atom. The average Bonchev–Trinajstić information content (AvgIpc) is 3.93. The van der Waals surface area contributed by atoms with Crippen LogP contribution in [0.15, 0.2) is 164 Å². The van der Waals surface area contributed by atoms with Gasteiger partial charge in [0, 0.05) is 49.4 Å². The molecule has 0 aliphatic rings. The van der Waals surface area contributed by atoms with Crippen LogP contribution in [0.3, 0.4) is 0 Å². The molecule has 11 rings (SSSR count). The van der Waals surface area contributed by atoms with Gasteiger partial charge in [-0.3, -0.25) is 0 Å². The maximum absolute atomic E-state index is 10.8. The van der Waals surface area contributed by atoms with Crippen LogP contribution in [-0.4, -0.2) is 13.7 Å². The van der Waals surface area contributed by atoms with Crippen molar-refractivity contribution in [2.75, 3.05) is 0 Å². The topological polar surface area (TPSA) is 90.5 Å². The van der Waals surface area contributed by atoms with Crippen LogP contribution in [0.1, 0.15) is 16.7 Å². The third kappa shape index (κ3) is 4.84. The highest BCUT2D eigenvalue weighted by atomic mass is 15.0. The number of para-hydroxylation sites is 4. The van der Waals surface area contributed by atoms with Crippen molar-refractivity contribution in [1.29, 1.82) is 15.8 Å². The Balaban J connectivity index is 1.11. The van der Waals surface area contributed by atoms with Crippen molar-refractivity contribution in [3.8, 4) is 46.4 Å². The molecule has 11 aromatic rings. The molecule has 7 nitrogen and oxygen atoms in total. The second kappa shape index (κ2) is 12.8. The van der Waals surface area contributed by atoms with Crippen LogP contribution in [0.5, 0.6) is 0 Å². The van der Waals surface area contributed by atoms with Crippen molar-refractivity contribution in [2.45, 2.75) is 0 Å². The third-order valence-electron chi connectivity index (χ3n) is 11.6. The Hall–Kier alpha value is -8.88. The minimum Gasteiger partial charge on any atom is -0.309 e. The molecule has 7 heteroatoms. The Morgan fingerprint density at radius 2 is 1.00 bits per heavy atom. The Labute approximate surface area is 337 Å². The molecule has 0 saturated heterocycles. The van der Waals surface area contributed by atoms with Gasteiger partial charge in [-0.05, 0) is 90.3 Å². The first kappa shape index (κ1) is 33.5. The molecule has 0 radical (unpaired) electrons. The highest BCUT2D eigenvalue weighted by molar-refractivity contribution is 6.14. The summed E-state index contributed by atoms with van der Waals surface area (Å²) in [5.41, 5.74) is 12.3. The van der Waals surface area contributed by atoms with E-state index in [1.54, 1.807) is 12.1 Å². The first-order valence-corrected chi connectivity index (χ1v) is 19.1. The van der Waals surface area contributed by atoms with E-state index in [2.05, 4.69) is 98.9 Å². The fourth-order valence-electron chi connectivity index (χ4n) is 9.06. The maximum Gasteiger partial charge on any atom is 0.188 e. The number of nitrogens with zero attached hydrogens (tertiary/aromatic N) is 7. The highest BCUT2D eigenvalue weighted by Crippen LogP contribution is 2.41. The van der Waals surface area contributed by atoms with Crippen LogP contribution in [0.4, 0.5) is 5.69 Å². The van der Waals surface area contributed by atoms with Gasteiger partial charge in [-0.2, -0.15) is 15.8 Å². The van der Waals surface area contributed by atoms with Crippen molar-refractivity contribution in [3.63, 3.8) is 0 Å². The van der Waals surface area contributed by atoms with E-state index in [-0.39, 0.29) is 0 Å². The van der Waals surface area contributed by atoms with Gasteiger partial charge in [0.25, 0.3) is 0 Å². The summed E-state index contributed by atoms with van der Waals surface area (Å²) in [4.78, 5) is 3.66. The quantitative estimate of drug-likeness (QED) is 0.168. The van der Waals surface area contributed by atoms with E-state index < -0.39 is 0 Å². The Morgan fingerprint density at radius 3 is 1.78 bits per heavy atom. The van der Waals surface area contributed by atoms with E-state index in [0.717, 1.165) is 93.6 Å². The van der Waals surface area contributed by atoms with Gasteiger partial charge in [0.15, 0.2) is 5.69 Å². The predicted octanol–water partition coefficient (Wildman–Crippen LogP) is 12.8. The first-order valence-electron chi connectivity index (χ1n) is 19.1. The van der Waals surface area contributed by atoms with Gasteiger partial charge < -0.3 is 13.7 Å². The van der Waals surface area contributed by atoms with Gasteiger partial charge in [-0.1, -0.05) is 78.9 Å². The summed E-state index contributed by atoms with van der Waals surface area (Å²) in [5.74, 6) is 0. The number of benzene rings is 8. The van der Waals surface area contributed by atoms with Crippen LogP contribution >= 0.6 is 0 Å². The second-order valence-electron chi connectivity index (χ2n) is 14.6. The summed E-state index contributed by atoms with van der Waals surface area (Å²) in [7, 11) is 0. The monoisotopic (exact) mass is 749 g/mol. The summed E-state index contributed by atoms with van der Waals surface area (Å²) in [6.45, 7) is 7.62. The molecule has 0 aliphatic carbocycles. The molecule has 0 spiro atoms. The van der Waals surface area contributed by atoms with Crippen molar-refractivity contribution in [1.82, 2.24) is 13.7 Å². The smallest absolute Gasteiger partial charge is 0.188 e. The molecule has 0 saturated carbocycles. The molecule has 270 valence electrons. The molecule has 0 bridgehead atoms. The van der Waals surface area contributed by atoms with Gasteiger partial charge in [-0.25, -0.2) is 4.85 Å². The standard InChI is InChI=1S/C52H27N7/c1-56-35-18-23-50-44(27-35)42-13-8-9-33(30-54)52(42)58(50)36-19-21-38(34(26-36)31-55)39-10-2-6-15-47(39)59-48-16-7-4-12-41(48)45-28-37(20-24-51(45)59)57-46-14-5-3-11-40(46)43-25-32(29-53)17-22-49(43)57/h2-28H. The van der Waals surface area contributed by atoms with Gasteiger partial charge in [-0.15, -0.1) is 0 Å². The summed E-state index contributed by atoms with van der Waals surface area (Å²) < 4.78 is 6.58. The fourth-order valence-corrected chi connectivity index (χ4v) is 9.06. The van der Waals surface area contributed by atoms with E-state index in [1.165, 1.54) is 0 Å². The number of fused-ring (bicyclic) bond motifs is 9. The van der Waals surface area contributed by atoms with Crippen LogP contribution in [0.2, 0.25) is 0 Å². The molecule has 0 atom stereocenters. The zero-order valence-corrected chi connectivity index (χ0v) is 31.2. The van der Waals surface area contributed by atoms with Crippen molar-refractivity contribution >= 4 is 71.1 Å². The number of hydrogen-bond donors (Lipinski definition) is 0. The summed E-state index contributed by atoms with van der Waals surface area (Å²) in [6, 6.07) is 61.6. The zero-order chi connectivity index (χ0) is 39.8. The lowest BCUT2D eigenvalue weighted by Gasteiger charge is -2.16. The molecule has 3 heterocycles. The summed E-state index contributed by atoms with van der Waals surface area (Å²) >= 11 is 0. The number of rotatable bonds is 4. The minimum absolute atomic E-state index is 0.492. The Bertz CT molecular complexity index is 3790. The lowest BCUT2D eigenvalue weighted by atomic mass is 9.97. The maximum atomic E-state index is 10.8. The molecular formula is C52H27N7. The lowest BCUT2D eigenvalue weighted by Crippen LogP contribution is -2.00. The van der Waals surface area contributed by atoms with Crippen LogP contribution in [0.25, 0.3) is 98.5 Å². The van der Waals surface area contributed by atoms with E-state index in [9.17, 15) is 15.8 Å². The molecule has 0 fully saturated rings. The normalized spacial score (nSPS) is 11.3. The SMILES string of the molecule is [C-]#[N+]c1ccc2c(c1)c1cccc(C#N)c1n2-c1ccc(-c2ccccc2-n2c3ccccc3c3cc(-n4c5ccccc5c5cc(C#N)ccc54)ccc32)c(C#N)c1. The van der Waals surface area contributed by atoms with Crippen LogP contribution in [0, 0.1) is 40.6 Å². The highest BCUT2D eigenvalue weighted by Gasteiger charge is 2.21. The van der Waals surface area contributed by atoms with Crippen molar-refractivity contribution in [2.24, 2.45) is 0 Å². The largest absolute Gasteiger partial charge is 0.309 e. The van der Waals surface area contributed by atoms with E-state index >= 15 is 0 Å². The van der Waals surface area contributed by atoms with Gasteiger partial charge in [0.1, 0.15) is 6.07 Å². The number of nitriles is 3. The molecule has 3 aromatic heterocycles. The molecule has 59 heavy (non-hydrogen) atoms. The third-order valence-corrected chi connectivity index (χ3v) is 11.6. The summed E-state index contributed by atoms with van der Waals surface area (Å²) in [6.07, 6.45) is 0. The predicted molar refractivity (Wildman–Crippen MR) is 235 cm³/mol. The van der Waals surface area contributed by atoms with Crippen molar-refractivity contribution < 1.29 is 0 Å². The number of hydrogen-bond acceptors (Lipinski definition) is 3. The molecule has 8 aromatic carbocycles. The second-order valence-corrected chi connectivity index (χ2v) is 14.6. The van der Waals surface area contributed by atoms with E-state index in [0.29, 0.717) is 22.4 Å². The lowest BCUT2D eigenvalue weighted by molar-refractivity contribution is 1.16. The van der Waals surface area contributed by atoms with Gasteiger partial charge in [0.2, 0.25) is 0 Å². The van der Waals surface area contributed by atoms with E-state index in [1.807, 2.05) is 89.5 Å². The molecule has 0 N–H and O–H groups in total. The van der Waals surface area contributed by atoms with Crippen LogP contribution in [-0.2, 0) is 0 Å². The van der Waals surface area contributed by atoms with Gasteiger partial charge in [0.05, 0.1) is 74.2 Å². The summed E-state index contributed by atoms with van der Waals surface area (Å²) in [5, 5.41) is 36.7. The Kier molecular flexibility index (Phi) is 7.28.